The van der Waals surface area contributed by atoms with Crippen molar-refractivity contribution in [3.8, 4) is 0 Å². The molecule has 0 saturated heterocycles. The van der Waals surface area contributed by atoms with Gasteiger partial charge in [-0.2, -0.15) is 0 Å². The molecule has 0 aromatic rings. The van der Waals surface area contributed by atoms with Gasteiger partial charge in [0, 0.05) is 12.6 Å². The van der Waals surface area contributed by atoms with Crippen LogP contribution in [0.15, 0.2) is 0 Å². The van der Waals surface area contributed by atoms with E-state index in [1.54, 1.807) is 0 Å². The van der Waals surface area contributed by atoms with Crippen LogP contribution in [0.2, 0.25) is 0 Å². The van der Waals surface area contributed by atoms with Gasteiger partial charge in [0.15, 0.2) is 0 Å². The predicted molar refractivity (Wildman–Crippen MR) is 74.2 cm³/mol. The molecule has 1 unspecified atom stereocenters. The molecule has 0 heterocycles. The summed E-state index contributed by atoms with van der Waals surface area (Å²) in [5.74, 6) is 0.855. The highest BCUT2D eigenvalue weighted by atomic mass is 16.3. The molecular formula is C15H31NO. The highest BCUT2D eigenvalue weighted by molar-refractivity contribution is 4.88. The van der Waals surface area contributed by atoms with E-state index in [-0.39, 0.29) is 0 Å². The van der Waals surface area contributed by atoms with Crippen molar-refractivity contribution < 1.29 is 5.11 Å². The monoisotopic (exact) mass is 241 g/mol. The lowest BCUT2D eigenvalue weighted by Gasteiger charge is -2.37. The zero-order chi connectivity index (χ0) is 12.7. The summed E-state index contributed by atoms with van der Waals surface area (Å²) >= 11 is 0. The van der Waals surface area contributed by atoms with Crippen molar-refractivity contribution in [1.29, 1.82) is 0 Å². The number of hydrogen-bond acceptors (Lipinski definition) is 2. The van der Waals surface area contributed by atoms with Crippen LogP contribution in [0.4, 0.5) is 0 Å². The third-order valence-corrected chi connectivity index (χ3v) is 4.46. The highest BCUT2D eigenvalue weighted by Crippen LogP contribution is 2.33. The van der Waals surface area contributed by atoms with Gasteiger partial charge < -0.3 is 10.4 Å². The zero-order valence-electron chi connectivity index (χ0n) is 12.0. The van der Waals surface area contributed by atoms with Crippen LogP contribution in [-0.2, 0) is 0 Å². The van der Waals surface area contributed by atoms with Gasteiger partial charge in [-0.1, -0.05) is 33.6 Å². The number of hydrogen-bond donors (Lipinski definition) is 2. The van der Waals surface area contributed by atoms with E-state index in [0.29, 0.717) is 6.04 Å². The molecule has 2 nitrogen and oxygen atoms in total. The van der Waals surface area contributed by atoms with Gasteiger partial charge >= 0.3 is 0 Å². The molecule has 0 spiro atoms. The maximum atomic E-state index is 10.5. The van der Waals surface area contributed by atoms with Crippen molar-refractivity contribution in [1.82, 2.24) is 5.32 Å². The first-order chi connectivity index (χ1) is 8.13. The Balaban J connectivity index is 2.30. The van der Waals surface area contributed by atoms with E-state index in [9.17, 15) is 5.11 Å². The summed E-state index contributed by atoms with van der Waals surface area (Å²) in [6.07, 6.45) is 9.28. The highest BCUT2D eigenvalue weighted by Gasteiger charge is 2.32. The van der Waals surface area contributed by atoms with Crippen molar-refractivity contribution in [2.75, 3.05) is 6.54 Å². The van der Waals surface area contributed by atoms with Gasteiger partial charge in [-0.05, 0) is 44.4 Å². The lowest BCUT2D eigenvalue weighted by atomic mass is 9.77. The summed E-state index contributed by atoms with van der Waals surface area (Å²) in [5, 5.41) is 14.1. The van der Waals surface area contributed by atoms with Crippen molar-refractivity contribution in [3.63, 3.8) is 0 Å². The standard InChI is InChI=1S/C15H31NO/c1-4-7-14(6-3)16-12-15(17)10-8-13(5-2)9-11-15/h13-14,16-17H,4-12H2,1-3H3. The molecular weight excluding hydrogens is 210 g/mol. The van der Waals surface area contributed by atoms with E-state index in [1.807, 2.05) is 0 Å². The van der Waals surface area contributed by atoms with Crippen molar-refractivity contribution in [2.24, 2.45) is 5.92 Å². The second-order valence-electron chi connectivity index (χ2n) is 5.85. The van der Waals surface area contributed by atoms with Crippen molar-refractivity contribution >= 4 is 0 Å². The fourth-order valence-electron chi connectivity index (χ4n) is 2.93. The molecule has 0 bridgehead atoms. The van der Waals surface area contributed by atoms with E-state index in [1.165, 1.54) is 38.5 Å². The van der Waals surface area contributed by atoms with Crippen LogP contribution in [0.25, 0.3) is 0 Å². The summed E-state index contributed by atoms with van der Waals surface area (Å²) in [6.45, 7) is 7.51. The van der Waals surface area contributed by atoms with Crippen LogP contribution in [-0.4, -0.2) is 23.3 Å². The van der Waals surface area contributed by atoms with Crippen LogP contribution < -0.4 is 5.32 Å². The Bertz CT molecular complexity index is 197. The molecule has 1 saturated carbocycles. The molecule has 1 atom stereocenters. The fourth-order valence-corrected chi connectivity index (χ4v) is 2.93. The molecule has 0 aromatic heterocycles. The van der Waals surface area contributed by atoms with E-state index in [2.05, 4.69) is 26.1 Å². The molecule has 1 aliphatic carbocycles. The first-order valence-electron chi connectivity index (χ1n) is 7.59. The molecule has 102 valence electrons. The average molecular weight is 241 g/mol. The van der Waals surface area contributed by atoms with E-state index < -0.39 is 5.60 Å². The zero-order valence-corrected chi connectivity index (χ0v) is 12.0. The van der Waals surface area contributed by atoms with Gasteiger partial charge in [-0.3, -0.25) is 0 Å². The molecule has 0 aliphatic heterocycles. The minimum Gasteiger partial charge on any atom is -0.389 e. The first-order valence-corrected chi connectivity index (χ1v) is 7.59. The summed E-state index contributed by atoms with van der Waals surface area (Å²) in [4.78, 5) is 0. The number of nitrogens with one attached hydrogen (secondary N) is 1. The average Bonchev–Trinajstić information content (AvgIpc) is 2.35. The van der Waals surface area contributed by atoms with Crippen LogP contribution >= 0.6 is 0 Å². The lowest BCUT2D eigenvalue weighted by Crippen LogP contribution is -2.46. The van der Waals surface area contributed by atoms with E-state index >= 15 is 0 Å². The summed E-state index contributed by atoms with van der Waals surface area (Å²) < 4.78 is 0. The molecule has 0 amide bonds. The Morgan fingerprint density at radius 3 is 2.35 bits per heavy atom. The maximum Gasteiger partial charge on any atom is 0.0771 e. The lowest BCUT2D eigenvalue weighted by molar-refractivity contribution is -0.0109. The Labute approximate surface area is 107 Å². The van der Waals surface area contributed by atoms with Gasteiger partial charge in [0.05, 0.1) is 5.60 Å². The van der Waals surface area contributed by atoms with Gasteiger partial charge in [-0.15, -0.1) is 0 Å². The molecule has 1 rings (SSSR count). The number of rotatable bonds is 7. The molecule has 17 heavy (non-hydrogen) atoms. The van der Waals surface area contributed by atoms with E-state index in [4.69, 9.17) is 0 Å². The van der Waals surface area contributed by atoms with Crippen molar-refractivity contribution in [2.45, 2.75) is 83.8 Å². The van der Waals surface area contributed by atoms with E-state index in [0.717, 1.165) is 25.3 Å². The third-order valence-electron chi connectivity index (χ3n) is 4.46. The summed E-state index contributed by atoms with van der Waals surface area (Å²) in [6, 6.07) is 0.591. The van der Waals surface area contributed by atoms with Gasteiger partial charge in [0.25, 0.3) is 0 Å². The Hall–Kier alpha value is -0.0800. The second-order valence-corrected chi connectivity index (χ2v) is 5.85. The first kappa shape index (κ1) is 15.0. The topological polar surface area (TPSA) is 32.3 Å². The Morgan fingerprint density at radius 1 is 1.24 bits per heavy atom. The largest absolute Gasteiger partial charge is 0.389 e. The molecule has 2 N–H and O–H groups in total. The third kappa shape index (κ3) is 4.97. The minimum atomic E-state index is -0.424. The van der Waals surface area contributed by atoms with Crippen LogP contribution in [0, 0.1) is 5.92 Å². The molecule has 1 aliphatic rings. The van der Waals surface area contributed by atoms with Crippen molar-refractivity contribution in [3.05, 3.63) is 0 Å². The fraction of sp³-hybridized carbons (Fsp3) is 1.00. The normalized spacial score (nSPS) is 31.4. The van der Waals surface area contributed by atoms with Gasteiger partial charge in [0.2, 0.25) is 0 Å². The SMILES string of the molecule is CCCC(CC)NCC1(O)CCC(CC)CC1. The summed E-state index contributed by atoms with van der Waals surface area (Å²) in [5.41, 5.74) is -0.424. The minimum absolute atomic E-state index is 0.424. The van der Waals surface area contributed by atoms with Gasteiger partial charge in [0.1, 0.15) is 0 Å². The van der Waals surface area contributed by atoms with Crippen LogP contribution in [0.1, 0.15) is 72.1 Å². The quantitative estimate of drug-likeness (QED) is 0.715. The molecule has 0 aromatic carbocycles. The maximum absolute atomic E-state index is 10.5. The molecule has 2 heteroatoms. The van der Waals surface area contributed by atoms with Crippen LogP contribution in [0.3, 0.4) is 0 Å². The predicted octanol–water partition coefficient (Wildman–Crippen LogP) is 3.49. The Kier molecular flexibility index (Phi) is 6.50. The molecule has 0 radical (unpaired) electrons. The van der Waals surface area contributed by atoms with Crippen LogP contribution in [0.5, 0.6) is 0 Å². The smallest absolute Gasteiger partial charge is 0.0771 e. The Morgan fingerprint density at radius 2 is 1.88 bits per heavy atom. The number of aliphatic hydroxyl groups is 1. The second kappa shape index (κ2) is 7.38. The van der Waals surface area contributed by atoms with Gasteiger partial charge in [-0.25, -0.2) is 0 Å². The molecule has 1 fully saturated rings. The summed E-state index contributed by atoms with van der Waals surface area (Å²) in [7, 11) is 0.